The number of halogens is 3. The number of anilines is 1. The maximum Gasteiger partial charge on any atom is 0.417 e. The van der Waals surface area contributed by atoms with Crippen molar-refractivity contribution in [2.45, 2.75) is 24.6 Å². The van der Waals surface area contributed by atoms with E-state index in [4.69, 9.17) is 0 Å². The Hall–Kier alpha value is -3.63. The second kappa shape index (κ2) is 8.13. The maximum atomic E-state index is 13.0. The highest BCUT2D eigenvalue weighted by atomic mass is 19.4. The van der Waals surface area contributed by atoms with E-state index in [1.807, 2.05) is 18.2 Å². The molecule has 8 nitrogen and oxygen atoms in total. The van der Waals surface area contributed by atoms with E-state index in [0.29, 0.717) is 12.8 Å². The van der Waals surface area contributed by atoms with Crippen molar-refractivity contribution in [2.24, 2.45) is 0 Å². The third kappa shape index (κ3) is 3.97. The van der Waals surface area contributed by atoms with Gasteiger partial charge in [-0.05, 0) is 36.1 Å². The molecule has 168 valence electrons. The van der Waals surface area contributed by atoms with E-state index in [1.165, 1.54) is 6.07 Å². The number of urea groups is 1. The number of hydrogen-bond donors (Lipinski definition) is 3. The summed E-state index contributed by atoms with van der Waals surface area (Å²) in [4.78, 5) is 42.3. The fourth-order valence-electron chi connectivity index (χ4n) is 3.99. The summed E-state index contributed by atoms with van der Waals surface area (Å²) < 4.78 is 37.6. The molecule has 4 amide bonds. The molecule has 0 bridgehead atoms. The fourth-order valence-corrected chi connectivity index (χ4v) is 3.99. The highest BCUT2D eigenvalue weighted by molar-refractivity contribution is 6.09. The quantitative estimate of drug-likeness (QED) is 0.465. The highest BCUT2D eigenvalue weighted by Gasteiger charge is 2.55. The van der Waals surface area contributed by atoms with E-state index in [0.717, 1.165) is 28.3 Å². The summed E-state index contributed by atoms with van der Waals surface area (Å²) in [7, 11) is 0. The van der Waals surface area contributed by atoms with Crippen molar-refractivity contribution in [3.63, 3.8) is 0 Å². The summed E-state index contributed by atoms with van der Waals surface area (Å²) in [5.41, 5.74) is -0.221. The van der Waals surface area contributed by atoms with Gasteiger partial charge in [-0.15, -0.1) is 0 Å². The summed E-state index contributed by atoms with van der Waals surface area (Å²) in [5.74, 6) is -0.753. The maximum absolute atomic E-state index is 13.0. The summed E-state index contributed by atoms with van der Waals surface area (Å²) >= 11 is 0. The first-order valence-corrected chi connectivity index (χ1v) is 9.97. The van der Waals surface area contributed by atoms with Gasteiger partial charge in [0, 0.05) is 19.3 Å². The van der Waals surface area contributed by atoms with Gasteiger partial charge >= 0.3 is 12.2 Å². The molecule has 32 heavy (non-hydrogen) atoms. The number of aryl methyl sites for hydroxylation is 1. The number of nitrogens with one attached hydrogen (secondary N) is 3. The van der Waals surface area contributed by atoms with Gasteiger partial charge < -0.3 is 16.0 Å². The third-order valence-electron chi connectivity index (χ3n) is 5.57. The zero-order valence-electron chi connectivity index (χ0n) is 16.8. The van der Waals surface area contributed by atoms with Crippen LogP contribution in [-0.2, 0) is 27.7 Å². The van der Waals surface area contributed by atoms with E-state index < -0.39 is 41.7 Å². The van der Waals surface area contributed by atoms with Crippen LogP contribution in [0.4, 0.5) is 23.8 Å². The number of fused-ring (bicyclic) bond motifs is 2. The molecule has 11 heteroatoms. The molecule has 1 atom stereocenters. The predicted octanol–water partition coefficient (Wildman–Crippen LogP) is 2.02. The molecule has 4 rings (SSSR count). The van der Waals surface area contributed by atoms with Gasteiger partial charge in [0.15, 0.2) is 0 Å². The molecule has 3 N–H and O–H groups in total. The van der Waals surface area contributed by atoms with Crippen LogP contribution < -0.4 is 16.0 Å². The van der Waals surface area contributed by atoms with Crippen LogP contribution in [0.3, 0.4) is 0 Å². The van der Waals surface area contributed by atoms with Crippen molar-refractivity contribution >= 4 is 23.7 Å². The molecule has 1 aromatic heterocycles. The lowest BCUT2D eigenvalue weighted by Gasteiger charge is -2.22. The number of aromatic nitrogens is 1. The number of benzene rings is 1. The number of carbonyl (C=O) groups is 3. The Labute approximate surface area is 181 Å². The van der Waals surface area contributed by atoms with E-state index in [1.54, 1.807) is 6.07 Å². The number of pyridine rings is 1. The van der Waals surface area contributed by atoms with Gasteiger partial charge in [0.1, 0.15) is 17.9 Å². The van der Waals surface area contributed by atoms with Crippen molar-refractivity contribution in [3.05, 3.63) is 59.3 Å². The molecule has 0 saturated carbocycles. The molecule has 1 fully saturated rings. The molecule has 2 aliphatic rings. The smallest absolute Gasteiger partial charge is 0.368 e. The average molecular weight is 447 g/mol. The highest BCUT2D eigenvalue weighted by Crippen LogP contribution is 2.41. The van der Waals surface area contributed by atoms with Gasteiger partial charge in [0.25, 0.3) is 5.91 Å². The average Bonchev–Trinajstić information content (AvgIpc) is 3.24. The minimum atomic E-state index is -4.46. The summed E-state index contributed by atoms with van der Waals surface area (Å²) in [6.45, 7) is -0.103. The first kappa shape index (κ1) is 21.6. The van der Waals surface area contributed by atoms with Crippen LogP contribution in [-0.4, -0.2) is 47.4 Å². The Balaban J connectivity index is 1.28. The zero-order chi connectivity index (χ0) is 22.9. The zero-order valence-corrected chi connectivity index (χ0v) is 16.8. The second-order valence-corrected chi connectivity index (χ2v) is 7.59. The van der Waals surface area contributed by atoms with Crippen molar-refractivity contribution in [1.82, 2.24) is 20.5 Å². The van der Waals surface area contributed by atoms with Crippen molar-refractivity contribution < 1.29 is 27.6 Å². The van der Waals surface area contributed by atoms with Crippen molar-refractivity contribution in [3.8, 4) is 0 Å². The van der Waals surface area contributed by atoms with E-state index >= 15 is 0 Å². The Morgan fingerprint density at radius 1 is 1.16 bits per heavy atom. The molecule has 1 unspecified atom stereocenters. The number of alkyl halides is 3. The van der Waals surface area contributed by atoms with Crippen molar-refractivity contribution in [1.29, 1.82) is 0 Å². The molecule has 1 aliphatic carbocycles. The largest absolute Gasteiger partial charge is 0.417 e. The molecule has 1 aromatic carbocycles. The van der Waals surface area contributed by atoms with Gasteiger partial charge in [-0.3, -0.25) is 14.5 Å². The fraction of sp³-hybridized carbons (Fsp3) is 0.333. The lowest BCUT2D eigenvalue weighted by molar-refractivity contribution is -0.137. The molecular weight excluding hydrogens is 427 g/mol. The number of imide groups is 1. The Morgan fingerprint density at radius 3 is 2.66 bits per heavy atom. The lowest BCUT2D eigenvalue weighted by Crippen LogP contribution is -2.44. The van der Waals surface area contributed by atoms with Gasteiger partial charge in [0.2, 0.25) is 5.91 Å². The Morgan fingerprint density at radius 2 is 1.94 bits per heavy atom. The normalized spacial score (nSPS) is 19.8. The van der Waals surface area contributed by atoms with Crippen LogP contribution in [0.25, 0.3) is 0 Å². The Kier molecular flexibility index (Phi) is 5.49. The second-order valence-electron chi connectivity index (χ2n) is 7.59. The minimum absolute atomic E-state index is 0.124. The van der Waals surface area contributed by atoms with Crippen LogP contribution in [0.2, 0.25) is 0 Å². The van der Waals surface area contributed by atoms with E-state index in [-0.39, 0.29) is 18.9 Å². The van der Waals surface area contributed by atoms with Crippen LogP contribution in [0.1, 0.15) is 23.1 Å². The summed E-state index contributed by atoms with van der Waals surface area (Å²) in [5, 5.41) is 8.11. The first-order chi connectivity index (χ1) is 15.2. The molecule has 1 aliphatic heterocycles. The van der Waals surface area contributed by atoms with E-state index in [9.17, 15) is 27.6 Å². The van der Waals surface area contributed by atoms with Crippen LogP contribution in [0.15, 0.2) is 42.6 Å². The minimum Gasteiger partial charge on any atom is -0.368 e. The number of carbonyl (C=O) groups excluding carboxylic acids is 3. The van der Waals surface area contributed by atoms with Gasteiger partial charge in [-0.1, -0.05) is 24.3 Å². The van der Waals surface area contributed by atoms with Crippen molar-refractivity contribution in [2.75, 3.05) is 25.0 Å². The predicted molar refractivity (Wildman–Crippen MR) is 107 cm³/mol. The topological polar surface area (TPSA) is 103 Å². The molecule has 1 saturated heterocycles. The van der Waals surface area contributed by atoms with Crippen LogP contribution in [0.5, 0.6) is 0 Å². The van der Waals surface area contributed by atoms with E-state index in [2.05, 4.69) is 20.9 Å². The van der Waals surface area contributed by atoms with Crippen LogP contribution in [0, 0.1) is 0 Å². The molecule has 0 radical (unpaired) electrons. The monoisotopic (exact) mass is 447 g/mol. The molecule has 2 heterocycles. The molecular formula is C21H20F3N5O3. The standard InChI is InChI=1S/C21H20F3N5O3/c22-21(23,24)14-5-6-16(27-11-14)25-9-10-26-17(30)12-29-18(31)20(28-19(29)32)8-7-13-3-1-2-4-15(13)20/h1-6,11H,7-10,12H2,(H,25,27)(H,26,30)(H,28,32). The lowest BCUT2D eigenvalue weighted by atomic mass is 9.92. The summed E-state index contributed by atoms with van der Waals surface area (Å²) in [6, 6.07) is 8.88. The van der Waals surface area contributed by atoms with Gasteiger partial charge in [-0.2, -0.15) is 13.2 Å². The third-order valence-corrected chi connectivity index (χ3v) is 5.57. The van der Waals surface area contributed by atoms with Gasteiger partial charge in [-0.25, -0.2) is 9.78 Å². The first-order valence-electron chi connectivity index (χ1n) is 9.97. The SMILES string of the molecule is O=C(CN1C(=O)NC2(CCc3ccccc32)C1=O)NCCNc1ccc(C(F)(F)F)cn1. The Bertz CT molecular complexity index is 1060. The van der Waals surface area contributed by atoms with Gasteiger partial charge in [0.05, 0.1) is 5.56 Å². The number of hydrogen-bond acceptors (Lipinski definition) is 5. The summed E-state index contributed by atoms with van der Waals surface area (Å²) in [6.07, 6.45) is -2.64. The molecule has 2 aromatic rings. The number of nitrogens with zero attached hydrogens (tertiary/aromatic N) is 2. The number of rotatable bonds is 6. The van der Waals surface area contributed by atoms with Crippen LogP contribution >= 0.6 is 0 Å². The number of amides is 4. The molecule has 1 spiro atoms.